The van der Waals surface area contributed by atoms with Crippen molar-refractivity contribution in [2.45, 2.75) is 25.3 Å². The first kappa shape index (κ1) is 30.6. The van der Waals surface area contributed by atoms with Crippen LogP contribution in [0.3, 0.4) is 0 Å². The molecule has 5 aromatic rings. The number of sulfonamides is 1. The van der Waals surface area contributed by atoms with E-state index in [4.69, 9.17) is 0 Å². The molecule has 0 radical (unpaired) electrons. The summed E-state index contributed by atoms with van der Waals surface area (Å²) in [5, 5.41) is 4.24. The molecule has 0 atom stereocenters. The molecule has 2 heterocycles. The topological polar surface area (TPSA) is 110 Å². The van der Waals surface area contributed by atoms with Gasteiger partial charge in [0.1, 0.15) is 28.7 Å². The van der Waals surface area contributed by atoms with Crippen LogP contribution in [0.1, 0.15) is 13.8 Å². The van der Waals surface area contributed by atoms with Crippen molar-refractivity contribution in [3.63, 3.8) is 0 Å². The van der Waals surface area contributed by atoms with E-state index >= 15 is 0 Å². The standard InChI is InChI=1S/C31H30F2N6O4S/c1-3-37(4-2)15-16-38-14-13-23-17-22(5-11-29(23)38)28-19-31(35-20-34-28)36-25-7-9-26(10-8-25)39(43-21-40)44(41,42)30-12-6-24(32)18-27(30)33/h5-14,17-21H,3-4,15-16H2,1-2H3,(H,34,35,36). The van der Waals surface area contributed by atoms with Crippen LogP contribution in [0, 0.1) is 11.6 Å². The fourth-order valence-electron chi connectivity index (χ4n) is 4.81. The molecule has 0 unspecified atom stereocenters. The van der Waals surface area contributed by atoms with Gasteiger partial charge in [0, 0.05) is 53.6 Å². The number of hydrogen-bond acceptors (Lipinski definition) is 8. The Labute approximate surface area is 253 Å². The molecule has 0 bridgehead atoms. The highest BCUT2D eigenvalue weighted by atomic mass is 32.2. The van der Waals surface area contributed by atoms with Crippen LogP contribution in [0.5, 0.6) is 0 Å². The van der Waals surface area contributed by atoms with Crippen LogP contribution in [-0.2, 0) is 26.2 Å². The minimum absolute atomic E-state index is 0.0907. The van der Waals surface area contributed by atoms with Gasteiger partial charge in [-0.1, -0.05) is 24.4 Å². The van der Waals surface area contributed by atoms with Gasteiger partial charge < -0.3 is 19.6 Å². The summed E-state index contributed by atoms with van der Waals surface area (Å²) in [4.78, 5) is 26.0. The highest BCUT2D eigenvalue weighted by molar-refractivity contribution is 7.92. The number of halogens is 2. The minimum atomic E-state index is -4.70. The number of carbonyl (C=O) groups excluding carboxylic acids is 1. The first-order valence-corrected chi connectivity index (χ1v) is 15.3. The third kappa shape index (κ3) is 6.53. The lowest BCUT2D eigenvalue weighted by Gasteiger charge is -2.21. The molecule has 0 aliphatic heterocycles. The third-order valence-corrected chi connectivity index (χ3v) is 8.79. The molecule has 5 rings (SSSR count). The molecule has 0 spiro atoms. The summed E-state index contributed by atoms with van der Waals surface area (Å²) < 4.78 is 56.1. The molecule has 0 aliphatic rings. The van der Waals surface area contributed by atoms with Crippen LogP contribution in [0.15, 0.2) is 90.2 Å². The number of anilines is 3. The van der Waals surface area contributed by atoms with E-state index in [0.717, 1.165) is 54.8 Å². The SMILES string of the molecule is CCN(CC)CCn1ccc2cc(-c3cc(Nc4ccc(N(OC=O)S(=O)(=O)c5ccc(F)cc5F)cc4)ncn3)ccc21. The Hall–Kier alpha value is -4.88. The molecular weight excluding hydrogens is 590 g/mol. The second-order valence-electron chi connectivity index (χ2n) is 9.78. The van der Waals surface area contributed by atoms with Gasteiger partial charge in [-0.2, -0.15) is 8.42 Å². The van der Waals surface area contributed by atoms with Gasteiger partial charge in [-0.05, 0) is 67.7 Å². The fraction of sp³-hybridized carbons (Fsp3) is 0.194. The van der Waals surface area contributed by atoms with E-state index in [9.17, 15) is 22.0 Å². The summed E-state index contributed by atoms with van der Waals surface area (Å²) in [7, 11) is -4.70. The average molecular weight is 621 g/mol. The highest BCUT2D eigenvalue weighted by Gasteiger charge is 2.30. The molecule has 0 aliphatic carbocycles. The minimum Gasteiger partial charge on any atom is -0.346 e. The summed E-state index contributed by atoms with van der Waals surface area (Å²) >= 11 is 0. The summed E-state index contributed by atoms with van der Waals surface area (Å²) in [6, 6.07) is 17.8. The Bertz CT molecular complexity index is 1880. The number of rotatable bonds is 13. The van der Waals surface area contributed by atoms with Crippen LogP contribution in [0.2, 0.25) is 0 Å². The number of hydrogen-bond donors (Lipinski definition) is 1. The summed E-state index contributed by atoms with van der Waals surface area (Å²) in [6.45, 7) is 8.13. The van der Waals surface area contributed by atoms with Crippen molar-refractivity contribution in [1.82, 2.24) is 19.4 Å². The van der Waals surface area contributed by atoms with Crippen molar-refractivity contribution in [2.75, 3.05) is 29.4 Å². The number of nitrogens with zero attached hydrogens (tertiary/aromatic N) is 5. The zero-order valence-corrected chi connectivity index (χ0v) is 24.8. The number of fused-ring (bicyclic) bond motifs is 1. The Kier molecular flexibility index (Phi) is 9.16. The molecule has 0 amide bonds. The first-order valence-electron chi connectivity index (χ1n) is 13.8. The molecule has 2 aromatic heterocycles. The van der Waals surface area contributed by atoms with E-state index in [0.29, 0.717) is 23.3 Å². The van der Waals surface area contributed by atoms with Gasteiger partial charge in [0.2, 0.25) is 0 Å². The van der Waals surface area contributed by atoms with Gasteiger partial charge in [0.05, 0.1) is 11.4 Å². The van der Waals surface area contributed by atoms with E-state index in [1.807, 2.05) is 6.07 Å². The molecule has 228 valence electrons. The number of benzene rings is 3. The molecule has 0 saturated heterocycles. The summed E-state index contributed by atoms with van der Waals surface area (Å²) in [5.41, 5.74) is 3.21. The zero-order chi connectivity index (χ0) is 31.3. The molecule has 0 fully saturated rings. The number of aromatic nitrogens is 3. The number of carbonyl (C=O) groups is 1. The van der Waals surface area contributed by atoms with Crippen LogP contribution >= 0.6 is 0 Å². The number of nitrogens with one attached hydrogen (secondary N) is 1. The lowest BCUT2D eigenvalue weighted by Crippen LogP contribution is -2.31. The maximum Gasteiger partial charge on any atom is 0.322 e. The third-order valence-electron chi connectivity index (χ3n) is 7.16. The lowest BCUT2D eigenvalue weighted by atomic mass is 10.1. The first-order chi connectivity index (χ1) is 21.2. The molecule has 1 N–H and O–H groups in total. The van der Waals surface area contributed by atoms with E-state index in [1.165, 1.54) is 30.6 Å². The Morgan fingerprint density at radius 1 is 0.955 bits per heavy atom. The molecule has 44 heavy (non-hydrogen) atoms. The van der Waals surface area contributed by atoms with Crippen LogP contribution in [0.4, 0.5) is 26.0 Å². The van der Waals surface area contributed by atoms with E-state index in [2.05, 4.69) is 67.8 Å². The van der Waals surface area contributed by atoms with Crippen molar-refractivity contribution in [1.29, 1.82) is 0 Å². The predicted molar refractivity (Wildman–Crippen MR) is 164 cm³/mol. The van der Waals surface area contributed by atoms with E-state index in [1.54, 1.807) is 6.07 Å². The molecule has 10 nitrogen and oxygen atoms in total. The van der Waals surface area contributed by atoms with Crippen molar-refractivity contribution in [2.24, 2.45) is 0 Å². The smallest absolute Gasteiger partial charge is 0.322 e. The molecule has 0 saturated carbocycles. The Morgan fingerprint density at radius 3 is 2.43 bits per heavy atom. The van der Waals surface area contributed by atoms with Gasteiger partial charge >= 0.3 is 6.47 Å². The maximum absolute atomic E-state index is 14.3. The number of likely N-dealkylation sites (N-methyl/N-ethyl adjacent to an activating group) is 1. The normalized spacial score (nSPS) is 11.6. The van der Waals surface area contributed by atoms with E-state index in [-0.39, 0.29) is 16.6 Å². The second-order valence-corrected chi connectivity index (χ2v) is 11.5. The van der Waals surface area contributed by atoms with Crippen LogP contribution < -0.4 is 9.79 Å². The predicted octanol–water partition coefficient (Wildman–Crippen LogP) is 5.75. The zero-order valence-electron chi connectivity index (χ0n) is 24.0. The highest BCUT2D eigenvalue weighted by Crippen LogP contribution is 2.29. The maximum atomic E-state index is 14.3. The van der Waals surface area contributed by atoms with Gasteiger partial charge in [-0.15, -0.1) is 0 Å². The summed E-state index contributed by atoms with van der Waals surface area (Å²) in [5.74, 6) is -1.79. The van der Waals surface area contributed by atoms with Crippen LogP contribution in [-0.4, -0.2) is 54.0 Å². The monoisotopic (exact) mass is 620 g/mol. The fourth-order valence-corrected chi connectivity index (χ4v) is 6.08. The Morgan fingerprint density at radius 2 is 1.73 bits per heavy atom. The Balaban J connectivity index is 1.33. The largest absolute Gasteiger partial charge is 0.346 e. The molecular formula is C31H30F2N6O4S. The van der Waals surface area contributed by atoms with Gasteiger partial charge in [-0.25, -0.2) is 18.7 Å². The van der Waals surface area contributed by atoms with Gasteiger partial charge in [0.25, 0.3) is 10.0 Å². The van der Waals surface area contributed by atoms with Gasteiger partial charge in [-0.3, -0.25) is 4.79 Å². The average Bonchev–Trinajstić information content (AvgIpc) is 3.43. The van der Waals surface area contributed by atoms with Crippen molar-refractivity contribution in [3.8, 4) is 11.3 Å². The lowest BCUT2D eigenvalue weighted by molar-refractivity contribution is -0.128. The summed E-state index contributed by atoms with van der Waals surface area (Å²) in [6.07, 6.45) is 3.53. The van der Waals surface area contributed by atoms with Gasteiger partial charge in [0.15, 0.2) is 0 Å². The van der Waals surface area contributed by atoms with Crippen molar-refractivity contribution < 1.29 is 26.8 Å². The van der Waals surface area contributed by atoms with E-state index < -0.39 is 26.6 Å². The molecule has 3 aromatic carbocycles. The van der Waals surface area contributed by atoms with Crippen molar-refractivity contribution >= 4 is 44.6 Å². The second kappa shape index (κ2) is 13.2. The molecule has 13 heteroatoms. The quantitative estimate of drug-likeness (QED) is 0.131. The van der Waals surface area contributed by atoms with Crippen LogP contribution in [0.25, 0.3) is 22.2 Å². The van der Waals surface area contributed by atoms with Crippen molar-refractivity contribution in [3.05, 3.63) is 97.0 Å².